The fourth-order valence-corrected chi connectivity index (χ4v) is 1.44. The molecule has 9 heteroatoms. The zero-order valence-electron chi connectivity index (χ0n) is 8.21. The van der Waals surface area contributed by atoms with Crippen molar-refractivity contribution in [2.75, 3.05) is 26.0 Å². The third-order valence-corrected chi connectivity index (χ3v) is 2.39. The van der Waals surface area contributed by atoms with Crippen LogP contribution < -0.4 is 10.6 Å². The van der Waals surface area contributed by atoms with Crippen LogP contribution in [0.1, 0.15) is 0 Å². The number of likely N-dealkylation sites (N-methyl/N-ethyl adjacent to an activating group) is 1. The molecule has 0 saturated carbocycles. The van der Waals surface area contributed by atoms with E-state index in [-0.39, 0.29) is 19.1 Å². The minimum absolute atomic E-state index is 0.0376. The van der Waals surface area contributed by atoms with Gasteiger partial charge in [-0.2, -0.15) is 12.6 Å². The Morgan fingerprint density at radius 1 is 1.60 bits per heavy atom. The van der Waals surface area contributed by atoms with Crippen molar-refractivity contribution in [3.05, 3.63) is 0 Å². The zero-order chi connectivity index (χ0) is 11.9. The molecule has 0 aliphatic heterocycles. The summed E-state index contributed by atoms with van der Waals surface area (Å²) in [5.41, 5.74) is 0. The first-order valence-corrected chi connectivity index (χ1v) is 6.33. The lowest BCUT2D eigenvalue weighted by molar-refractivity contribution is -0.122. The van der Waals surface area contributed by atoms with Crippen LogP contribution in [-0.4, -0.2) is 47.7 Å². The highest BCUT2D eigenvalue weighted by Crippen LogP contribution is 2.34. The molecule has 0 fully saturated rings. The molecular formula is C6H15N2O5PS. The Morgan fingerprint density at radius 2 is 2.20 bits per heavy atom. The van der Waals surface area contributed by atoms with Crippen molar-refractivity contribution in [1.82, 2.24) is 10.6 Å². The van der Waals surface area contributed by atoms with Gasteiger partial charge in [0.25, 0.3) is 0 Å². The molecular weight excluding hydrogens is 243 g/mol. The molecule has 0 spiro atoms. The second-order valence-corrected chi connectivity index (χ2v) is 4.24. The smallest absolute Gasteiger partial charge is 0.352 e. The van der Waals surface area contributed by atoms with Gasteiger partial charge in [-0.25, -0.2) is 4.57 Å². The fourth-order valence-electron chi connectivity index (χ4n) is 0.767. The summed E-state index contributed by atoms with van der Waals surface area (Å²) in [6, 6.07) is -0.427. The van der Waals surface area contributed by atoms with E-state index < -0.39 is 13.9 Å². The summed E-state index contributed by atoms with van der Waals surface area (Å²) >= 11 is 3.95. The molecule has 7 nitrogen and oxygen atoms in total. The van der Waals surface area contributed by atoms with E-state index >= 15 is 0 Å². The number of phosphoric acid groups is 1. The average molecular weight is 258 g/mol. The predicted octanol–water partition coefficient (Wildman–Crippen LogP) is -1.27. The Labute approximate surface area is 93.2 Å². The van der Waals surface area contributed by atoms with Crippen LogP contribution in [0, 0.1) is 0 Å². The highest BCUT2D eigenvalue weighted by Gasteiger charge is 2.15. The number of amides is 1. The number of nitrogens with one attached hydrogen (secondary N) is 2. The molecule has 0 heterocycles. The van der Waals surface area contributed by atoms with Crippen molar-refractivity contribution >= 4 is 26.4 Å². The zero-order valence-corrected chi connectivity index (χ0v) is 10.0. The van der Waals surface area contributed by atoms with Crippen molar-refractivity contribution in [2.24, 2.45) is 0 Å². The van der Waals surface area contributed by atoms with Gasteiger partial charge in [0.05, 0.1) is 12.6 Å². The number of hydrogen-bond acceptors (Lipinski definition) is 5. The molecule has 15 heavy (non-hydrogen) atoms. The van der Waals surface area contributed by atoms with E-state index in [0.29, 0.717) is 5.75 Å². The molecule has 0 aliphatic rings. The number of thiol groups is 1. The predicted molar refractivity (Wildman–Crippen MR) is 57.7 cm³/mol. The number of carbonyl (C=O) groups excluding carboxylic acids is 1. The molecule has 0 aromatic rings. The number of phosphoric ester groups is 1. The van der Waals surface area contributed by atoms with Gasteiger partial charge in [-0.15, -0.1) is 0 Å². The Kier molecular flexibility index (Phi) is 7.16. The highest BCUT2D eigenvalue weighted by atomic mass is 32.1. The third-order valence-electron chi connectivity index (χ3n) is 1.51. The van der Waals surface area contributed by atoms with Crippen LogP contribution in [0.5, 0.6) is 0 Å². The van der Waals surface area contributed by atoms with E-state index in [9.17, 15) is 9.36 Å². The van der Waals surface area contributed by atoms with Gasteiger partial charge in [0.1, 0.15) is 0 Å². The third kappa shape index (κ3) is 7.78. The number of hydrogen-bond donors (Lipinski definition) is 5. The quantitative estimate of drug-likeness (QED) is 0.221. The summed E-state index contributed by atoms with van der Waals surface area (Å²) in [6.07, 6.45) is 0. The highest BCUT2D eigenvalue weighted by molar-refractivity contribution is 7.80. The molecule has 0 rings (SSSR count). The van der Waals surface area contributed by atoms with Gasteiger partial charge >= 0.3 is 7.82 Å². The van der Waals surface area contributed by atoms with Crippen molar-refractivity contribution in [3.8, 4) is 0 Å². The molecule has 4 N–H and O–H groups in total. The van der Waals surface area contributed by atoms with E-state index in [1.807, 2.05) is 0 Å². The van der Waals surface area contributed by atoms with Crippen molar-refractivity contribution in [2.45, 2.75) is 6.04 Å². The van der Waals surface area contributed by atoms with Crippen molar-refractivity contribution in [3.63, 3.8) is 0 Å². The maximum atomic E-state index is 11.3. The van der Waals surface area contributed by atoms with Gasteiger partial charge in [0.15, 0.2) is 0 Å². The Morgan fingerprint density at radius 3 is 2.60 bits per heavy atom. The van der Waals surface area contributed by atoms with E-state index in [2.05, 4.69) is 27.8 Å². The second-order valence-electron chi connectivity index (χ2n) is 2.64. The molecule has 0 aliphatic carbocycles. The van der Waals surface area contributed by atoms with E-state index in [0.717, 1.165) is 0 Å². The molecule has 1 unspecified atom stereocenters. The fraction of sp³-hybridized carbons (Fsp3) is 0.833. The van der Waals surface area contributed by atoms with Crippen LogP contribution in [0.15, 0.2) is 0 Å². The van der Waals surface area contributed by atoms with Gasteiger partial charge in [0.2, 0.25) is 5.91 Å². The monoisotopic (exact) mass is 258 g/mol. The minimum atomic E-state index is -4.45. The van der Waals surface area contributed by atoms with Gasteiger partial charge < -0.3 is 20.4 Å². The molecule has 1 atom stereocenters. The van der Waals surface area contributed by atoms with Gasteiger partial charge in [-0.3, -0.25) is 9.32 Å². The standard InChI is InChI=1S/C6H15N2O5PS/c1-7-5(4-15)6(9)8-2-3-13-14(10,11)12/h5,7,15H,2-4H2,1H3,(H,8,9)(H2,10,11,12). The van der Waals surface area contributed by atoms with E-state index in [4.69, 9.17) is 9.79 Å². The lowest BCUT2D eigenvalue weighted by Crippen LogP contribution is -2.44. The van der Waals surface area contributed by atoms with Crippen LogP contribution in [-0.2, 0) is 13.9 Å². The first-order chi connectivity index (χ1) is 6.90. The average Bonchev–Trinajstić information content (AvgIpc) is 2.13. The van der Waals surface area contributed by atoms with E-state index in [1.54, 1.807) is 7.05 Å². The molecule has 0 saturated heterocycles. The first-order valence-electron chi connectivity index (χ1n) is 4.16. The maximum absolute atomic E-state index is 11.3. The maximum Gasteiger partial charge on any atom is 0.469 e. The van der Waals surface area contributed by atoms with Crippen molar-refractivity contribution in [1.29, 1.82) is 0 Å². The number of carbonyl (C=O) groups is 1. The summed E-state index contributed by atoms with van der Waals surface area (Å²) in [5.74, 6) is 0.0450. The Hall–Kier alpha value is -0.110. The normalized spacial score (nSPS) is 13.6. The molecule has 0 radical (unpaired) electrons. The topological polar surface area (TPSA) is 108 Å². The number of rotatable bonds is 7. The molecule has 0 bridgehead atoms. The Balaban J connectivity index is 3.68. The largest absolute Gasteiger partial charge is 0.469 e. The van der Waals surface area contributed by atoms with Crippen LogP contribution >= 0.6 is 20.5 Å². The molecule has 0 aromatic heterocycles. The Bertz CT molecular complexity index is 242. The lowest BCUT2D eigenvalue weighted by atomic mass is 10.3. The summed E-state index contributed by atoms with van der Waals surface area (Å²) in [4.78, 5) is 27.9. The molecule has 90 valence electrons. The summed E-state index contributed by atoms with van der Waals surface area (Å²) in [7, 11) is -2.83. The van der Waals surface area contributed by atoms with Crippen LogP contribution in [0.4, 0.5) is 0 Å². The van der Waals surface area contributed by atoms with Crippen molar-refractivity contribution < 1.29 is 23.7 Å². The van der Waals surface area contributed by atoms with Crippen LogP contribution in [0.3, 0.4) is 0 Å². The van der Waals surface area contributed by atoms with Gasteiger partial charge in [0, 0.05) is 12.3 Å². The first kappa shape index (κ1) is 14.9. The van der Waals surface area contributed by atoms with Crippen LogP contribution in [0.25, 0.3) is 0 Å². The molecule has 1 amide bonds. The van der Waals surface area contributed by atoms with Gasteiger partial charge in [-0.1, -0.05) is 0 Å². The lowest BCUT2D eigenvalue weighted by Gasteiger charge is -2.13. The second kappa shape index (κ2) is 7.21. The summed E-state index contributed by atoms with van der Waals surface area (Å²) in [6.45, 7) is -0.199. The van der Waals surface area contributed by atoms with E-state index in [1.165, 1.54) is 0 Å². The summed E-state index contributed by atoms with van der Waals surface area (Å²) in [5, 5.41) is 5.16. The van der Waals surface area contributed by atoms with Gasteiger partial charge in [-0.05, 0) is 7.05 Å². The van der Waals surface area contributed by atoms with Crippen LogP contribution in [0.2, 0.25) is 0 Å². The molecule has 0 aromatic carbocycles. The minimum Gasteiger partial charge on any atom is -0.352 e. The SMILES string of the molecule is CNC(CS)C(=O)NCCOP(=O)(O)O. The summed E-state index contributed by atoms with van der Waals surface area (Å²) < 4.78 is 14.4.